The molecule has 3 atom stereocenters. The van der Waals surface area contributed by atoms with Crippen molar-refractivity contribution in [2.45, 2.75) is 58.0 Å². The number of hydrogen-bond acceptors (Lipinski definition) is 6. The fourth-order valence-electron chi connectivity index (χ4n) is 2.22. The molecule has 3 amide bonds. The number of amides is 3. The lowest BCUT2D eigenvalue weighted by atomic mass is 9.99. The van der Waals surface area contributed by atoms with Crippen LogP contribution in [-0.2, 0) is 24.0 Å². The Morgan fingerprint density at radius 2 is 1.69 bits per heavy atom. The Bertz CT molecular complexity index is 602. The highest BCUT2D eigenvalue weighted by atomic mass is 19.3. The summed E-state index contributed by atoms with van der Waals surface area (Å²) in [6.07, 6.45) is -3.36. The third-order valence-electron chi connectivity index (χ3n) is 3.98. The van der Waals surface area contributed by atoms with E-state index in [-0.39, 0.29) is 19.4 Å². The van der Waals surface area contributed by atoms with Crippen molar-refractivity contribution in [1.29, 1.82) is 0 Å². The summed E-state index contributed by atoms with van der Waals surface area (Å²) in [5, 5.41) is 15.3. The highest BCUT2D eigenvalue weighted by Crippen LogP contribution is 2.15. The lowest BCUT2D eigenvalue weighted by Gasteiger charge is -2.19. The second-order valence-electron chi connectivity index (χ2n) is 6.36. The van der Waals surface area contributed by atoms with Crippen LogP contribution in [0.3, 0.4) is 0 Å². The molecule has 0 aliphatic heterocycles. The molecule has 0 aromatic carbocycles. The van der Waals surface area contributed by atoms with Gasteiger partial charge in [-0.15, -0.1) is 0 Å². The number of halogens is 2. The van der Waals surface area contributed by atoms with E-state index in [4.69, 9.17) is 10.8 Å². The summed E-state index contributed by atoms with van der Waals surface area (Å²) in [5.41, 5.74) is 5.38. The fourth-order valence-corrected chi connectivity index (χ4v) is 2.22. The molecule has 0 rings (SSSR count). The van der Waals surface area contributed by atoms with Crippen LogP contribution < -0.4 is 21.7 Å². The highest BCUT2D eigenvalue weighted by Gasteiger charge is 2.32. The largest absolute Gasteiger partial charge is 0.480 e. The molecular formula is C17H28F2N4O6. The molecule has 0 aromatic rings. The van der Waals surface area contributed by atoms with Crippen LogP contribution in [0.2, 0.25) is 0 Å². The third kappa shape index (κ3) is 10.5. The van der Waals surface area contributed by atoms with Crippen molar-refractivity contribution < 1.29 is 37.9 Å². The van der Waals surface area contributed by atoms with Crippen molar-refractivity contribution in [2.75, 3.05) is 13.1 Å². The number of carbonyl (C=O) groups excluding carboxylic acids is 4. The zero-order chi connectivity index (χ0) is 22.6. The topological polar surface area (TPSA) is 168 Å². The van der Waals surface area contributed by atoms with Crippen LogP contribution in [0.15, 0.2) is 0 Å². The van der Waals surface area contributed by atoms with Crippen LogP contribution in [0.1, 0.15) is 39.5 Å². The lowest BCUT2D eigenvalue weighted by molar-refractivity contribution is -0.142. The van der Waals surface area contributed by atoms with Gasteiger partial charge in [0.25, 0.3) is 0 Å². The van der Waals surface area contributed by atoms with Gasteiger partial charge in [-0.25, -0.2) is 8.78 Å². The molecule has 0 aromatic heterocycles. The summed E-state index contributed by atoms with van der Waals surface area (Å²) in [4.78, 5) is 58.1. The molecule has 12 heteroatoms. The first kappa shape index (κ1) is 26.4. The van der Waals surface area contributed by atoms with E-state index in [1.807, 2.05) is 5.32 Å². The number of hydrogen-bond donors (Lipinski definition) is 5. The zero-order valence-electron chi connectivity index (χ0n) is 16.4. The Morgan fingerprint density at radius 3 is 2.17 bits per heavy atom. The summed E-state index contributed by atoms with van der Waals surface area (Å²) in [5.74, 6) is -6.62. The van der Waals surface area contributed by atoms with Crippen molar-refractivity contribution in [3.8, 4) is 0 Å². The van der Waals surface area contributed by atoms with Crippen molar-refractivity contribution in [3.05, 3.63) is 0 Å². The molecule has 166 valence electrons. The fraction of sp³-hybridized carbons (Fsp3) is 0.706. The summed E-state index contributed by atoms with van der Waals surface area (Å²) in [6, 6.07) is -2.27. The number of nitrogens with two attached hydrogens (primary N) is 1. The van der Waals surface area contributed by atoms with E-state index in [0.717, 1.165) is 6.92 Å². The first-order valence-electron chi connectivity index (χ1n) is 9.13. The number of aliphatic carboxylic acids is 1. The van der Waals surface area contributed by atoms with Crippen molar-refractivity contribution in [2.24, 2.45) is 11.7 Å². The van der Waals surface area contributed by atoms with Gasteiger partial charge in [-0.3, -0.25) is 24.0 Å². The van der Waals surface area contributed by atoms with Crippen LogP contribution in [0.25, 0.3) is 0 Å². The van der Waals surface area contributed by atoms with Crippen molar-refractivity contribution >= 4 is 29.5 Å². The highest BCUT2D eigenvalue weighted by molar-refractivity contribution is 5.93. The Hall–Kier alpha value is -2.63. The predicted octanol–water partition coefficient (Wildman–Crippen LogP) is -0.834. The van der Waals surface area contributed by atoms with Gasteiger partial charge in [0.15, 0.2) is 5.78 Å². The predicted molar refractivity (Wildman–Crippen MR) is 97.9 cm³/mol. The Morgan fingerprint density at radius 1 is 1.07 bits per heavy atom. The van der Waals surface area contributed by atoms with E-state index in [1.54, 1.807) is 6.92 Å². The van der Waals surface area contributed by atoms with Crippen molar-refractivity contribution in [3.63, 3.8) is 0 Å². The smallest absolute Gasteiger partial charge is 0.325 e. The maximum atomic E-state index is 13.2. The SMILES string of the molecule is CCC(=O)N[C@@H](CCCN)C(=O)NCC(=O)C(CC(=O)N[C@@H](C)C(=O)O)C(F)F. The first-order chi connectivity index (χ1) is 13.5. The molecule has 0 saturated carbocycles. The van der Waals surface area contributed by atoms with Crippen LogP contribution in [0.4, 0.5) is 8.78 Å². The lowest BCUT2D eigenvalue weighted by Crippen LogP contribution is -2.49. The summed E-state index contributed by atoms with van der Waals surface area (Å²) in [6.45, 7) is 2.23. The standard InChI is InChI=1S/C17H28F2N4O6/c1-3-13(25)23-11(5-4-6-20)16(27)21-8-12(24)10(15(18)19)7-14(26)22-9(2)17(28)29/h9-11,15H,3-8,20H2,1-2H3,(H,21,27)(H,22,26)(H,23,25)(H,28,29)/t9-,10?,11-/m0/s1. The molecule has 29 heavy (non-hydrogen) atoms. The van der Waals surface area contributed by atoms with Gasteiger partial charge in [0.05, 0.1) is 12.5 Å². The summed E-state index contributed by atoms with van der Waals surface area (Å²) < 4.78 is 26.3. The number of ketones is 1. The molecule has 0 radical (unpaired) electrons. The molecule has 0 spiro atoms. The monoisotopic (exact) mass is 422 g/mol. The second-order valence-corrected chi connectivity index (χ2v) is 6.36. The minimum Gasteiger partial charge on any atom is -0.480 e. The van der Waals surface area contributed by atoms with E-state index >= 15 is 0 Å². The number of carboxylic acids is 1. The average molecular weight is 422 g/mol. The number of Topliss-reactive ketones (excluding diaryl/α,β-unsaturated/α-hetero) is 1. The first-order valence-corrected chi connectivity index (χ1v) is 9.13. The average Bonchev–Trinajstić information content (AvgIpc) is 2.66. The van der Waals surface area contributed by atoms with E-state index < -0.39 is 66.9 Å². The van der Waals surface area contributed by atoms with Gasteiger partial charge >= 0.3 is 5.97 Å². The normalized spacial score (nSPS) is 13.9. The molecule has 0 aliphatic rings. The Balaban J connectivity index is 4.87. The van der Waals surface area contributed by atoms with E-state index in [2.05, 4.69) is 10.6 Å². The van der Waals surface area contributed by atoms with Gasteiger partial charge in [-0.2, -0.15) is 0 Å². The Labute approximate surface area is 167 Å². The number of carboxylic acid groups (broad SMARTS) is 1. The van der Waals surface area contributed by atoms with Crippen molar-refractivity contribution in [1.82, 2.24) is 16.0 Å². The number of alkyl halides is 2. The van der Waals surface area contributed by atoms with Gasteiger partial charge < -0.3 is 26.8 Å². The van der Waals surface area contributed by atoms with Crippen LogP contribution >= 0.6 is 0 Å². The number of carbonyl (C=O) groups is 5. The van der Waals surface area contributed by atoms with Gasteiger partial charge in [-0.05, 0) is 26.3 Å². The maximum Gasteiger partial charge on any atom is 0.325 e. The van der Waals surface area contributed by atoms with Gasteiger partial charge in [0.1, 0.15) is 12.1 Å². The molecule has 0 heterocycles. The van der Waals surface area contributed by atoms with Crippen LogP contribution in [0, 0.1) is 5.92 Å². The van der Waals surface area contributed by atoms with Gasteiger partial charge in [0.2, 0.25) is 24.1 Å². The molecule has 6 N–H and O–H groups in total. The molecule has 0 saturated heterocycles. The molecule has 1 unspecified atom stereocenters. The Kier molecular flexibility index (Phi) is 12.3. The second kappa shape index (κ2) is 13.5. The van der Waals surface area contributed by atoms with E-state index in [9.17, 15) is 32.8 Å². The molecule has 0 aliphatic carbocycles. The minimum atomic E-state index is -3.18. The van der Waals surface area contributed by atoms with Crippen LogP contribution in [-0.4, -0.2) is 66.2 Å². The molecular weight excluding hydrogens is 394 g/mol. The molecule has 0 fully saturated rings. The molecule has 10 nitrogen and oxygen atoms in total. The van der Waals surface area contributed by atoms with E-state index in [0.29, 0.717) is 6.42 Å². The van der Waals surface area contributed by atoms with Gasteiger partial charge in [0, 0.05) is 12.8 Å². The molecule has 0 bridgehead atoms. The minimum absolute atomic E-state index is 0.128. The number of rotatable bonds is 14. The van der Waals surface area contributed by atoms with Gasteiger partial charge in [-0.1, -0.05) is 6.92 Å². The summed E-state index contributed by atoms with van der Waals surface area (Å²) in [7, 11) is 0. The number of nitrogens with one attached hydrogen (secondary N) is 3. The quantitative estimate of drug-likeness (QED) is 0.243. The third-order valence-corrected chi connectivity index (χ3v) is 3.98. The van der Waals surface area contributed by atoms with Crippen LogP contribution in [0.5, 0.6) is 0 Å². The van der Waals surface area contributed by atoms with E-state index in [1.165, 1.54) is 0 Å². The maximum absolute atomic E-state index is 13.2. The summed E-state index contributed by atoms with van der Waals surface area (Å²) >= 11 is 0. The zero-order valence-corrected chi connectivity index (χ0v) is 16.4.